The number of nitrogens with one attached hydrogen (secondary N) is 1. The molecule has 1 aromatic carbocycles. The second-order valence-electron chi connectivity index (χ2n) is 6.84. The topological polar surface area (TPSA) is 47.6 Å². The zero-order valence-corrected chi connectivity index (χ0v) is 13.9. The van der Waals surface area contributed by atoms with Crippen molar-refractivity contribution in [3.63, 3.8) is 0 Å². The molecule has 0 unspecified atom stereocenters. The van der Waals surface area contributed by atoms with Crippen molar-refractivity contribution in [1.29, 1.82) is 0 Å². The molecule has 132 valence electrons. The molecule has 0 heterocycles. The molecule has 0 saturated heterocycles. The number of carbonyl (C=O) groups excluding carboxylic acids is 1. The Bertz CT molecular complexity index is 608. The average Bonchev–Trinajstić information content (AvgIpc) is 3.17. The molecule has 4 atom stereocenters. The summed E-state index contributed by atoms with van der Waals surface area (Å²) in [5.74, 6) is 1.91. The van der Waals surface area contributed by atoms with Gasteiger partial charge in [-0.1, -0.05) is 6.42 Å². The van der Waals surface area contributed by atoms with E-state index >= 15 is 0 Å². The summed E-state index contributed by atoms with van der Waals surface area (Å²) in [7, 11) is 1.35. The summed E-state index contributed by atoms with van der Waals surface area (Å²) in [5.41, 5.74) is 0.378. The number of ether oxygens (including phenoxy) is 2. The molecular weight excluding hydrogens is 316 g/mol. The molecule has 1 N–H and O–H groups in total. The lowest BCUT2D eigenvalue weighted by Crippen LogP contribution is -2.40. The van der Waals surface area contributed by atoms with Crippen LogP contribution in [0, 0.1) is 17.8 Å². The van der Waals surface area contributed by atoms with Gasteiger partial charge in [-0.15, -0.1) is 0 Å². The monoisotopic (exact) mass is 339 g/mol. The molecule has 0 aromatic heterocycles. The van der Waals surface area contributed by atoms with E-state index in [0.29, 0.717) is 11.5 Å². The quantitative estimate of drug-likeness (QED) is 0.856. The first-order valence-corrected chi connectivity index (χ1v) is 8.41. The summed E-state index contributed by atoms with van der Waals surface area (Å²) < 4.78 is 34.1. The van der Waals surface area contributed by atoms with Crippen LogP contribution in [0.15, 0.2) is 18.2 Å². The Morgan fingerprint density at radius 1 is 1.25 bits per heavy atom. The minimum atomic E-state index is -2.93. The molecule has 2 aliphatic rings. The lowest BCUT2D eigenvalue weighted by molar-refractivity contribution is -0.0512. The normalized spacial score (nSPS) is 26.5. The van der Waals surface area contributed by atoms with E-state index in [1.807, 2.05) is 0 Å². The summed E-state index contributed by atoms with van der Waals surface area (Å²) in [6.07, 6.45) is 5.07. The summed E-state index contributed by atoms with van der Waals surface area (Å²) in [4.78, 5) is 12.5. The molecule has 4 nitrogen and oxygen atoms in total. The van der Waals surface area contributed by atoms with Crippen LogP contribution in [0.3, 0.4) is 0 Å². The van der Waals surface area contributed by atoms with E-state index in [4.69, 9.17) is 4.74 Å². The van der Waals surface area contributed by atoms with E-state index in [1.54, 1.807) is 0 Å². The molecule has 0 aliphatic heterocycles. The lowest BCUT2D eigenvalue weighted by atomic mass is 9.84. The second-order valence-corrected chi connectivity index (χ2v) is 6.84. The molecule has 6 heteroatoms. The number of carbonyl (C=O) groups is 1. The van der Waals surface area contributed by atoms with Crippen LogP contribution < -0.4 is 14.8 Å². The Morgan fingerprint density at radius 3 is 2.62 bits per heavy atom. The third-order valence-corrected chi connectivity index (χ3v) is 5.44. The predicted octanol–water partition coefficient (Wildman–Crippen LogP) is 3.85. The summed E-state index contributed by atoms with van der Waals surface area (Å²) >= 11 is 0. The van der Waals surface area contributed by atoms with Crippen molar-refractivity contribution in [3.05, 3.63) is 23.8 Å². The predicted molar refractivity (Wildman–Crippen MR) is 85.5 cm³/mol. The molecule has 1 aromatic rings. The van der Waals surface area contributed by atoms with Crippen LogP contribution in [-0.2, 0) is 0 Å². The zero-order valence-electron chi connectivity index (χ0n) is 13.9. The molecule has 24 heavy (non-hydrogen) atoms. The van der Waals surface area contributed by atoms with E-state index in [0.717, 1.165) is 11.8 Å². The van der Waals surface area contributed by atoms with E-state index in [1.165, 1.54) is 51.0 Å². The third-order valence-electron chi connectivity index (χ3n) is 5.44. The van der Waals surface area contributed by atoms with Gasteiger partial charge < -0.3 is 14.8 Å². The molecule has 2 bridgehead atoms. The van der Waals surface area contributed by atoms with Crippen molar-refractivity contribution in [2.45, 2.75) is 45.3 Å². The van der Waals surface area contributed by atoms with Crippen LogP contribution in [0.25, 0.3) is 0 Å². The highest BCUT2D eigenvalue weighted by molar-refractivity contribution is 5.95. The third kappa shape index (κ3) is 3.47. The Kier molecular flexibility index (Phi) is 4.92. The first-order chi connectivity index (χ1) is 11.5. The Morgan fingerprint density at radius 2 is 2.04 bits per heavy atom. The largest absolute Gasteiger partial charge is 0.493 e. The summed E-state index contributed by atoms with van der Waals surface area (Å²) in [6.45, 7) is -0.884. The van der Waals surface area contributed by atoms with Gasteiger partial charge in [0.15, 0.2) is 11.5 Å². The molecule has 1 amide bonds. The van der Waals surface area contributed by atoms with Gasteiger partial charge in [-0.2, -0.15) is 8.78 Å². The smallest absolute Gasteiger partial charge is 0.387 e. The number of halogens is 2. The van der Waals surface area contributed by atoms with Crippen molar-refractivity contribution < 1.29 is 23.0 Å². The van der Waals surface area contributed by atoms with Crippen molar-refractivity contribution in [2.24, 2.45) is 17.8 Å². The van der Waals surface area contributed by atoms with Gasteiger partial charge in [0.25, 0.3) is 5.91 Å². The minimum absolute atomic E-state index is 0.0785. The summed E-state index contributed by atoms with van der Waals surface area (Å²) in [5, 5.41) is 3.05. The molecule has 0 radical (unpaired) electrons. The number of rotatable bonds is 6. The van der Waals surface area contributed by atoms with Crippen molar-refractivity contribution in [2.75, 3.05) is 7.11 Å². The van der Waals surface area contributed by atoms with Crippen LogP contribution in [0.5, 0.6) is 11.5 Å². The number of hydrogen-bond donors (Lipinski definition) is 1. The number of alkyl halides is 2. The van der Waals surface area contributed by atoms with Crippen LogP contribution in [0.1, 0.15) is 43.0 Å². The van der Waals surface area contributed by atoms with Crippen molar-refractivity contribution in [1.82, 2.24) is 5.32 Å². The molecule has 2 aliphatic carbocycles. The number of benzene rings is 1. The fourth-order valence-electron chi connectivity index (χ4n) is 4.31. The SMILES string of the molecule is COc1cc(C(=O)N[C@H](C)[C@@H]2C[C@H]3CC[C@H]2C3)ccc1OC(F)F. The highest BCUT2D eigenvalue weighted by atomic mass is 19.3. The van der Waals surface area contributed by atoms with E-state index < -0.39 is 6.61 Å². The zero-order chi connectivity index (χ0) is 17.3. The lowest BCUT2D eigenvalue weighted by Gasteiger charge is -2.28. The van der Waals surface area contributed by atoms with Crippen LogP contribution in [0.4, 0.5) is 8.78 Å². The maximum absolute atomic E-state index is 12.5. The van der Waals surface area contributed by atoms with E-state index in [9.17, 15) is 13.6 Å². The molecule has 2 fully saturated rings. The van der Waals surface area contributed by atoms with Gasteiger partial charge in [0, 0.05) is 11.6 Å². The second kappa shape index (κ2) is 6.95. The molecule has 2 saturated carbocycles. The van der Waals surface area contributed by atoms with E-state index in [2.05, 4.69) is 17.0 Å². The van der Waals surface area contributed by atoms with Gasteiger partial charge in [-0.05, 0) is 62.1 Å². The first kappa shape index (κ1) is 17.0. The van der Waals surface area contributed by atoms with Gasteiger partial charge in [-0.3, -0.25) is 4.79 Å². The Hall–Kier alpha value is -1.85. The fourth-order valence-corrected chi connectivity index (χ4v) is 4.31. The highest BCUT2D eigenvalue weighted by Gasteiger charge is 2.42. The minimum Gasteiger partial charge on any atom is -0.493 e. The van der Waals surface area contributed by atoms with Gasteiger partial charge >= 0.3 is 6.61 Å². The van der Waals surface area contributed by atoms with Gasteiger partial charge in [0.2, 0.25) is 0 Å². The van der Waals surface area contributed by atoms with Crippen molar-refractivity contribution in [3.8, 4) is 11.5 Å². The fraction of sp³-hybridized carbons (Fsp3) is 0.611. The van der Waals surface area contributed by atoms with Gasteiger partial charge in [0.1, 0.15) is 0 Å². The Balaban J connectivity index is 1.66. The van der Waals surface area contributed by atoms with Crippen LogP contribution in [0.2, 0.25) is 0 Å². The Labute approximate surface area is 140 Å². The number of hydrogen-bond acceptors (Lipinski definition) is 3. The standard InChI is InChI=1S/C18H23F2NO3/c1-10(14-8-11-3-4-12(14)7-11)21-17(22)13-5-6-15(24-18(19)20)16(9-13)23-2/h5-6,9-12,14,18H,3-4,7-8H2,1-2H3,(H,21,22)/t10-,11+,12+,14+/m1/s1. The highest BCUT2D eigenvalue weighted by Crippen LogP contribution is 2.49. The van der Waals surface area contributed by atoms with E-state index in [-0.39, 0.29) is 23.4 Å². The maximum atomic E-state index is 12.5. The van der Waals surface area contributed by atoms with Crippen molar-refractivity contribution >= 4 is 5.91 Å². The number of fused-ring (bicyclic) bond motifs is 2. The first-order valence-electron chi connectivity index (χ1n) is 8.41. The van der Waals surface area contributed by atoms with Gasteiger partial charge in [0.05, 0.1) is 7.11 Å². The number of amides is 1. The summed E-state index contributed by atoms with van der Waals surface area (Å²) in [6, 6.07) is 4.35. The number of methoxy groups -OCH3 is 1. The average molecular weight is 339 g/mol. The molecule has 0 spiro atoms. The molecule has 3 rings (SSSR count). The maximum Gasteiger partial charge on any atom is 0.387 e. The molecular formula is C18H23F2NO3. The van der Waals surface area contributed by atoms with Crippen LogP contribution >= 0.6 is 0 Å². The van der Waals surface area contributed by atoms with Crippen LogP contribution in [-0.4, -0.2) is 25.7 Å². The van der Waals surface area contributed by atoms with Gasteiger partial charge in [-0.25, -0.2) is 0 Å².